The normalized spacial score (nSPS) is 18.8. The molecule has 4 heteroatoms. The maximum atomic E-state index is 14.1. The fourth-order valence-electron chi connectivity index (χ4n) is 2.35. The summed E-state index contributed by atoms with van der Waals surface area (Å²) < 4.78 is 19.0. The van der Waals surface area contributed by atoms with E-state index in [4.69, 9.17) is 22.1 Å². The van der Waals surface area contributed by atoms with E-state index in [1.165, 1.54) is 13.2 Å². The predicted molar refractivity (Wildman–Crippen MR) is 62.3 cm³/mol. The molecule has 2 rings (SSSR count). The van der Waals surface area contributed by atoms with Crippen LogP contribution in [0.15, 0.2) is 12.1 Å². The van der Waals surface area contributed by atoms with Crippen LogP contribution in [0.5, 0.6) is 5.75 Å². The van der Waals surface area contributed by atoms with E-state index in [0.717, 1.165) is 25.7 Å². The lowest BCUT2D eigenvalue weighted by atomic mass is 9.89. The molecular weight excluding hydrogens is 229 g/mol. The summed E-state index contributed by atoms with van der Waals surface area (Å²) in [7, 11) is 1.43. The van der Waals surface area contributed by atoms with Crippen molar-refractivity contribution in [2.45, 2.75) is 31.2 Å². The third-order valence-electron chi connectivity index (χ3n) is 3.26. The fraction of sp³-hybridized carbons (Fsp3) is 0.500. The first-order chi connectivity index (χ1) is 7.57. The molecule has 1 aromatic carbocycles. The monoisotopic (exact) mass is 243 g/mol. The zero-order chi connectivity index (χ0) is 11.8. The summed E-state index contributed by atoms with van der Waals surface area (Å²) >= 11 is 5.94. The topological polar surface area (TPSA) is 35.2 Å². The maximum Gasteiger partial charge on any atom is 0.170 e. The largest absolute Gasteiger partial charge is 0.494 e. The molecule has 1 aliphatic carbocycles. The Labute approximate surface area is 99.5 Å². The van der Waals surface area contributed by atoms with Crippen LogP contribution in [-0.4, -0.2) is 7.11 Å². The van der Waals surface area contributed by atoms with Crippen molar-refractivity contribution in [2.24, 2.45) is 5.73 Å². The van der Waals surface area contributed by atoms with Crippen molar-refractivity contribution in [1.29, 1.82) is 0 Å². The van der Waals surface area contributed by atoms with Gasteiger partial charge >= 0.3 is 0 Å². The van der Waals surface area contributed by atoms with Gasteiger partial charge in [-0.05, 0) is 18.9 Å². The van der Waals surface area contributed by atoms with Crippen LogP contribution >= 0.6 is 11.6 Å². The first-order valence-corrected chi connectivity index (χ1v) is 5.77. The lowest BCUT2D eigenvalue weighted by Gasteiger charge is -2.25. The van der Waals surface area contributed by atoms with Crippen molar-refractivity contribution in [1.82, 2.24) is 0 Å². The van der Waals surface area contributed by atoms with Crippen molar-refractivity contribution >= 4 is 11.6 Å². The van der Waals surface area contributed by atoms with E-state index in [0.29, 0.717) is 10.6 Å². The van der Waals surface area contributed by atoms with Gasteiger partial charge in [0, 0.05) is 22.2 Å². The second-order valence-corrected chi connectivity index (χ2v) is 4.77. The van der Waals surface area contributed by atoms with Gasteiger partial charge in [0.05, 0.1) is 7.11 Å². The summed E-state index contributed by atoms with van der Waals surface area (Å²) in [6.07, 6.45) is 3.66. The number of hydrogen-bond acceptors (Lipinski definition) is 2. The molecule has 1 fully saturated rings. The number of hydrogen-bond donors (Lipinski definition) is 1. The summed E-state index contributed by atoms with van der Waals surface area (Å²) in [5.74, 6) is -0.212. The van der Waals surface area contributed by atoms with Crippen molar-refractivity contribution in [3.8, 4) is 5.75 Å². The first-order valence-electron chi connectivity index (χ1n) is 5.39. The first kappa shape index (κ1) is 11.7. The lowest BCUT2D eigenvalue weighted by Crippen LogP contribution is -2.34. The minimum absolute atomic E-state index is 0.166. The van der Waals surface area contributed by atoms with E-state index in [1.807, 2.05) is 0 Å². The molecule has 0 saturated heterocycles. The molecule has 0 aliphatic heterocycles. The van der Waals surface area contributed by atoms with Crippen LogP contribution < -0.4 is 10.5 Å². The number of rotatable bonds is 2. The number of methoxy groups -OCH3 is 1. The highest BCUT2D eigenvalue weighted by Gasteiger charge is 2.34. The van der Waals surface area contributed by atoms with Crippen LogP contribution in [0.3, 0.4) is 0 Å². The number of benzene rings is 1. The number of nitrogens with two attached hydrogens (primary N) is 1. The SMILES string of the molecule is COc1cc(Cl)cc(C2(N)CCCC2)c1F. The second kappa shape index (κ2) is 4.22. The second-order valence-electron chi connectivity index (χ2n) is 4.33. The van der Waals surface area contributed by atoms with Crippen molar-refractivity contribution in [3.63, 3.8) is 0 Å². The molecule has 0 spiro atoms. The van der Waals surface area contributed by atoms with E-state index < -0.39 is 5.54 Å². The highest BCUT2D eigenvalue weighted by molar-refractivity contribution is 6.30. The maximum absolute atomic E-state index is 14.1. The molecule has 0 radical (unpaired) electrons. The Morgan fingerprint density at radius 2 is 2.00 bits per heavy atom. The molecule has 1 aromatic rings. The molecule has 0 aromatic heterocycles. The molecule has 2 N–H and O–H groups in total. The Bertz CT molecular complexity index is 402. The van der Waals surface area contributed by atoms with Gasteiger partial charge in [0.25, 0.3) is 0 Å². The highest BCUT2D eigenvalue weighted by Crippen LogP contribution is 2.40. The van der Waals surface area contributed by atoms with Crippen LogP contribution in [0, 0.1) is 5.82 Å². The zero-order valence-electron chi connectivity index (χ0n) is 9.22. The molecule has 0 unspecified atom stereocenters. The predicted octanol–water partition coefficient (Wildman–Crippen LogP) is 3.22. The fourth-order valence-corrected chi connectivity index (χ4v) is 2.56. The van der Waals surface area contributed by atoms with Crippen molar-refractivity contribution in [3.05, 3.63) is 28.5 Å². The molecule has 0 bridgehead atoms. The van der Waals surface area contributed by atoms with Gasteiger partial charge in [0.1, 0.15) is 0 Å². The van der Waals surface area contributed by atoms with Gasteiger partial charge in [-0.1, -0.05) is 24.4 Å². The lowest BCUT2D eigenvalue weighted by molar-refractivity contribution is 0.368. The summed E-state index contributed by atoms with van der Waals surface area (Å²) in [6, 6.07) is 3.09. The standard InChI is InChI=1S/C12H15ClFNO/c1-16-10-7-8(13)6-9(11(10)14)12(15)4-2-3-5-12/h6-7H,2-5,15H2,1H3. The van der Waals surface area contributed by atoms with Crippen LogP contribution in [0.2, 0.25) is 5.02 Å². The molecule has 1 saturated carbocycles. The molecule has 1 aliphatic rings. The summed E-state index contributed by atoms with van der Waals surface area (Å²) in [6.45, 7) is 0. The van der Waals surface area contributed by atoms with Gasteiger partial charge in [-0.3, -0.25) is 0 Å². The average Bonchev–Trinajstić information content (AvgIpc) is 2.69. The minimum Gasteiger partial charge on any atom is -0.494 e. The Balaban J connectivity index is 2.51. The quantitative estimate of drug-likeness (QED) is 0.866. The Hall–Kier alpha value is -0.800. The number of ether oxygens (including phenoxy) is 1. The van der Waals surface area contributed by atoms with Crippen molar-refractivity contribution < 1.29 is 9.13 Å². The average molecular weight is 244 g/mol. The summed E-state index contributed by atoms with van der Waals surface area (Å²) in [5.41, 5.74) is 6.12. The van der Waals surface area contributed by atoms with E-state index in [-0.39, 0.29) is 11.6 Å². The third-order valence-corrected chi connectivity index (χ3v) is 3.47. The molecular formula is C12H15ClFNO. The third kappa shape index (κ3) is 1.89. The van der Waals surface area contributed by atoms with E-state index in [9.17, 15) is 4.39 Å². The van der Waals surface area contributed by atoms with Crippen LogP contribution in [-0.2, 0) is 5.54 Å². The van der Waals surface area contributed by atoms with Gasteiger partial charge in [-0.2, -0.15) is 0 Å². The smallest absolute Gasteiger partial charge is 0.170 e. The highest BCUT2D eigenvalue weighted by atomic mass is 35.5. The van der Waals surface area contributed by atoms with Crippen molar-refractivity contribution in [2.75, 3.05) is 7.11 Å². The van der Waals surface area contributed by atoms with Gasteiger partial charge in [0.2, 0.25) is 0 Å². The molecule has 0 heterocycles. The molecule has 0 amide bonds. The Morgan fingerprint density at radius 3 is 2.56 bits per heavy atom. The van der Waals surface area contributed by atoms with Gasteiger partial charge < -0.3 is 10.5 Å². The van der Waals surface area contributed by atoms with Gasteiger partial charge in [0.15, 0.2) is 11.6 Å². The molecule has 0 atom stereocenters. The Kier molecular flexibility index (Phi) is 3.08. The van der Waals surface area contributed by atoms with E-state index in [2.05, 4.69) is 0 Å². The van der Waals surface area contributed by atoms with E-state index >= 15 is 0 Å². The van der Waals surface area contributed by atoms with Gasteiger partial charge in [-0.25, -0.2) is 4.39 Å². The van der Waals surface area contributed by atoms with E-state index in [1.54, 1.807) is 6.07 Å². The zero-order valence-corrected chi connectivity index (χ0v) is 9.98. The van der Waals surface area contributed by atoms with Crippen LogP contribution in [0.1, 0.15) is 31.2 Å². The summed E-state index contributed by atoms with van der Waals surface area (Å²) in [4.78, 5) is 0. The molecule has 88 valence electrons. The Morgan fingerprint density at radius 1 is 1.38 bits per heavy atom. The molecule has 2 nitrogen and oxygen atoms in total. The van der Waals surface area contributed by atoms with Crippen LogP contribution in [0.25, 0.3) is 0 Å². The minimum atomic E-state index is -0.581. The number of halogens is 2. The molecule has 16 heavy (non-hydrogen) atoms. The summed E-state index contributed by atoms with van der Waals surface area (Å²) in [5, 5.41) is 0.463. The van der Waals surface area contributed by atoms with Crippen LogP contribution in [0.4, 0.5) is 4.39 Å². The van der Waals surface area contributed by atoms with Gasteiger partial charge in [-0.15, -0.1) is 0 Å².